The summed E-state index contributed by atoms with van der Waals surface area (Å²) in [5.41, 5.74) is 5.53. The van der Waals surface area contributed by atoms with Crippen molar-refractivity contribution < 1.29 is 19.2 Å². The molecule has 0 unspecified atom stereocenters. The van der Waals surface area contributed by atoms with Gasteiger partial charge >= 0.3 is 0 Å². The minimum atomic E-state index is -0.804. The maximum absolute atomic E-state index is 13.5. The Labute approximate surface area is 309 Å². The standard InChI is InChI=1S/C40H40N6O4S2/c1-25(47)43-35(37(49)41-23-27-13-5-3-6-14-27)21-31-29-17-9-11-19-33(29)45-39(31)51-52-40-32(30-18-10-12-20-34(30)46-40)22-36(44-26(2)48)38(50)42-24-28-15-7-4-8-16-28/h3-20,35-36,45-46H,21-24H2,1-2H3,(H,41,49)(H,42,50)(H,43,47)(H,44,48)/t35-,36-/m0/s1. The van der Waals surface area contributed by atoms with Crippen LogP contribution in [0.2, 0.25) is 0 Å². The van der Waals surface area contributed by atoms with Crippen LogP contribution in [0.4, 0.5) is 0 Å². The molecule has 266 valence electrons. The van der Waals surface area contributed by atoms with Crippen molar-refractivity contribution in [2.75, 3.05) is 0 Å². The highest BCUT2D eigenvalue weighted by molar-refractivity contribution is 8.76. The summed E-state index contributed by atoms with van der Waals surface area (Å²) in [6.45, 7) is 3.50. The molecule has 10 nitrogen and oxygen atoms in total. The molecule has 0 saturated heterocycles. The van der Waals surface area contributed by atoms with Crippen molar-refractivity contribution >= 4 is 67.0 Å². The molecule has 0 aliphatic carbocycles. The molecule has 52 heavy (non-hydrogen) atoms. The monoisotopic (exact) mass is 732 g/mol. The number of nitrogens with one attached hydrogen (secondary N) is 6. The average molecular weight is 733 g/mol. The topological polar surface area (TPSA) is 148 Å². The molecule has 4 aromatic carbocycles. The van der Waals surface area contributed by atoms with Gasteiger partial charge in [-0.3, -0.25) is 19.2 Å². The fraction of sp³-hybridized carbons (Fsp3) is 0.200. The fourth-order valence-corrected chi connectivity index (χ4v) is 8.53. The van der Waals surface area contributed by atoms with E-state index in [-0.39, 0.29) is 36.5 Å². The van der Waals surface area contributed by atoms with Crippen molar-refractivity contribution in [1.29, 1.82) is 0 Å². The molecule has 0 radical (unpaired) electrons. The van der Waals surface area contributed by atoms with Crippen LogP contribution in [-0.4, -0.2) is 45.7 Å². The van der Waals surface area contributed by atoms with Gasteiger partial charge in [-0.05, 0) is 56.0 Å². The van der Waals surface area contributed by atoms with Crippen LogP contribution >= 0.6 is 21.6 Å². The molecule has 12 heteroatoms. The predicted octanol–water partition coefficient (Wildman–Crippen LogP) is 6.18. The molecule has 4 amide bonds. The highest BCUT2D eigenvalue weighted by atomic mass is 33.1. The molecule has 6 N–H and O–H groups in total. The normalized spacial score (nSPS) is 12.3. The summed E-state index contributed by atoms with van der Waals surface area (Å²) < 4.78 is 0. The van der Waals surface area contributed by atoms with E-state index in [1.807, 2.05) is 109 Å². The molecule has 0 aliphatic heterocycles. The number of carbonyl (C=O) groups excluding carboxylic acids is 4. The smallest absolute Gasteiger partial charge is 0.243 e. The molecular formula is C40H40N6O4S2. The zero-order chi connectivity index (χ0) is 36.5. The number of fused-ring (bicyclic) bond motifs is 2. The van der Waals surface area contributed by atoms with Crippen LogP contribution in [0.3, 0.4) is 0 Å². The van der Waals surface area contributed by atoms with Gasteiger partial charge in [0.1, 0.15) is 12.1 Å². The van der Waals surface area contributed by atoms with E-state index >= 15 is 0 Å². The van der Waals surface area contributed by atoms with Gasteiger partial charge in [0.2, 0.25) is 23.6 Å². The lowest BCUT2D eigenvalue weighted by Crippen LogP contribution is -2.47. The maximum atomic E-state index is 13.5. The molecule has 2 aromatic heterocycles. The van der Waals surface area contributed by atoms with Gasteiger partial charge in [0.15, 0.2) is 0 Å². The van der Waals surface area contributed by atoms with Gasteiger partial charge in [-0.2, -0.15) is 0 Å². The number of para-hydroxylation sites is 2. The van der Waals surface area contributed by atoms with Crippen molar-refractivity contribution in [3.8, 4) is 0 Å². The second kappa shape index (κ2) is 17.2. The number of amides is 4. The van der Waals surface area contributed by atoms with E-state index in [1.165, 1.54) is 35.4 Å². The first-order valence-electron chi connectivity index (χ1n) is 17.0. The van der Waals surface area contributed by atoms with Crippen LogP contribution in [0.1, 0.15) is 36.1 Å². The number of hydrogen-bond acceptors (Lipinski definition) is 6. The second-order valence-electron chi connectivity index (χ2n) is 12.4. The van der Waals surface area contributed by atoms with E-state index in [0.717, 1.165) is 54.1 Å². The first-order valence-corrected chi connectivity index (χ1v) is 19.1. The lowest BCUT2D eigenvalue weighted by molar-refractivity contribution is -0.128. The van der Waals surface area contributed by atoms with E-state index in [9.17, 15) is 19.2 Å². The zero-order valence-corrected chi connectivity index (χ0v) is 30.5. The highest BCUT2D eigenvalue weighted by Crippen LogP contribution is 2.44. The van der Waals surface area contributed by atoms with Crippen molar-refractivity contribution in [2.45, 2.75) is 61.9 Å². The third-order valence-electron chi connectivity index (χ3n) is 8.58. The summed E-state index contributed by atoms with van der Waals surface area (Å²) in [4.78, 5) is 58.6. The van der Waals surface area contributed by atoms with Gasteiger partial charge in [0.25, 0.3) is 0 Å². The van der Waals surface area contributed by atoms with E-state index in [0.29, 0.717) is 13.1 Å². The lowest BCUT2D eigenvalue weighted by Gasteiger charge is -2.19. The molecule has 0 spiro atoms. The Morgan fingerprint density at radius 1 is 0.538 bits per heavy atom. The van der Waals surface area contributed by atoms with Crippen molar-refractivity contribution in [3.05, 3.63) is 131 Å². The minimum absolute atomic E-state index is 0.263. The summed E-state index contributed by atoms with van der Waals surface area (Å²) in [7, 11) is 2.99. The second-order valence-corrected chi connectivity index (χ2v) is 14.6. The summed E-state index contributed by atoms with van der Waals surface area (Å²) in [5, 5.41) is 15.2. The molecule has 6 aromatic rings. The Hall–Kier alpha value is -5.46. The molecule has 6 rings (SSSR count). The highest BCUT2D eigenvalue weighted by Gasteiger charge is 2.26. The Morgan fingerprint density at radius 3 is 1.29 bits per heavy atom. The maximum Gasteiger partial charge on any atom is 0.243 e. The van der Waals surface area contributed by atoms with Crippen LogP contribution in [0.25, 0.3) is 21.8 Å². The number of aromatic amines is 2. The molecule has 0 fully saturated rings. The summed E-state index contributed by atoms with van der Waals surface area (Å²) >= 11 is 0. The van der Waals surface area contributed by atoms with Gasteiger partial charge in [0.05, 0.1) is 10.1 Å². The third-order valence-corrected chi connectivity index (χ3v) is 10.9. The summed E-state index contributed by atoms with van der Waals surface area (Å²) in [5.74, 6) is -1.15. The predicted molar refractivity (Wildman–Crippen MR) is 208 cm³/mol. The average Bonchev–Trinajstić information content (AvgIpc) is 3.68. The van der Waals surface area contributed by atoms with Crippen molar-refractivity contribution in [1.82, 2.24) is 31.2 Å². The molecule has 0 saturated carbocycles. The molecule has 2 heterocycles. The number of benzene rings is 4. The minimum Gasteiger partial charge on any atom is -0.350 e. The van der Waals surface area contributed by atoms with E-state index in [2.05, 4.69) is 31.2 Å². The first-order chi connectivity index (χ1) is 25.2. The molecule has 0 bridgehead atoms. The Balaban J connectivity index is 1.26. The lowest BCUT2D eigenvalue weighted by atomic mass is 10.0. The largest absolute Gasteiger partial charge is 0.350 e. The van der Waals surface area contributed by atoms with Crippen LogP contribution < -0.4 is 21.3 Å². The van der Waals surface area contributed by atoms with Crippen LogP contribution in [-0.2, 0) is 45.1 Å². The molecule has 2 atom stereocenters. The Bertz CT molecular complexity index is 2030. The van der Waals surface area contributed by atoms with Crippen LogP contribution in [0, 0.1) is 0 Å². The van der Waals surface area contributed by atoms with Gasteiger partial charge in [-0.1, -0.05) is 97.1 Å². The number of rotatable bonds is 15. The summed E-state index contributed by atoms with van der Waals surface area (Å²) in [6, 6.07) is 33.4. The number of hydrogen-bond donors (Lipinski definition) is 6. The van der Waals surface area contributed by atoms with E-state index < -0.39 is 12.1 Å². The van der Waals surface area contributed by atoms with Crippen molar-refractivity contribution in [3.63, 3.8) is 0 Å². The van der Waals surface area contributed by atoms with Gasteiger partial charge in [0, 0.05) is 61.6 Å². The summed E-state index contributed by atoms with van der Waals surface area (Å²) in [6.07, 6.45) is 0.526. The third kappa shape index (κ3) is 9.25. The SMILES string of the molecule is CC(=O)N[C@@H](Cc1c(SSc2[nH]c3ccccc3c2C[C@H](NC(C)=O)C(=O)NCc2ccccc2)[nH]c2ccccc12)C(=O)NCc1ccccc1. The zero-order valence-electron chi connectivity index (χ0n) is 28.8. The Morgan fingerprint density at radius 2 is 0.904 bits per heavy atom. The van der Waals surface area contributed by atoms with Gasteiger partial charge in [-0.25, -0.2) is 0 Å². The van der Waals surface area contributed by atoms with E-state index in [4.69, 9.17) is 0 Å². The van der Waals surface area contributed by atoms with E-state index in [1.54, 1.807) is 0 Å². The van der Waals surface area contributed by atoms with Crippen LogP contribution in [0.5, 0.6) is 0 Å². The number of aromatic nitrogens is 2. The molecule has 0 aliphatic rings. The first kappa shape index (κ1) is 36.3. The fourth-order valence-electron chi connectivity index (χ4n) is 6.12. The van der Waals surface area contributed by atoms with Gasteiger partial charge in [-0.15, -0.1) is 0 Å². The van der Waals surface area contributed by atoms with Gasteiger partial charge < -0.3 is 31.2 Å². The number of H-pyrrole nitrogens is 2. The quantitative estimate of drug-likeness (QED) is 0.0696. The Kier molecular flexibility index (Phi) is 12.0. The number of carbonyl (C=O) groups is 4. The van der Waals surface area contributed by atoms with Crippen LogP contribution in [0.15, 0.2) is 119 Å². The molecular weight excluding hydrogens is 693 g/mol. The van der Waals surface area contributed by atoms with Crippen molar-refractivity contribution in [2.24, 2.45) is 0 Å².